The number of aromatic nitrogens is 1. The smallest absolute Gasteiger partial charge is 0.349 e. The highest BCUT2D eigenvalue weighted by atomic mass is 19.4. The van der Waals surface area contributed by atoms with E-state index < -0.39 is 29.3 Å². The first-order chi connectivity index (χ1) is 10.5. The van der Waals surface area contributed by atoms with E-state index in [4.69, 9.17) is 0 Å². The van der Waals surface area contributed by atoms with Gasteiger partial charge < -0.3 is 4.98 Å². The van der Waals surface area contributed by atoms with Crippen molar-refractivity contribution in [1.29, 1.82) is 0 Å². The fraction of sp³-hybridized carbons (Fsp3) is 0.267. The van der Waals surface area contributed by atoms with Crippen molar-refractivity contribution in [3.63, 3.8) is 0 Å². The molecular formula is C15H14F6N2. The summed E-state index contributed by atoms with van der Waals surface area (Å²) in [4.78, 5) is 5.35. The summed E-state index contributed by atoms with van der Waals surface area (Å²) in [5.74, 6) is 2.25. The quantitative estimate of drug-likeness (QED) is 0.440. The van der Waals surface area contributed by atoms with E-state index in [2.05, 4.69) is 23.9 Å². The van der Waals surface area contributed by atoms with Crippen LogP contribution in [-0.4, -0.2) is 11.2 Å². The maximum atomic E-state index is 12.8. The minimum Gasteiger partial charge on any atom is -0.349 e. The Morgan fingerprint density at radius 1 is 1.26 bits per heavy atom. The molecule has 2 nitrogen and oxygen atoms in total. The average Bonchev–Trinajstić information content (AvgIpc) is 2.85. The number of halogens is 6. The molecule has 0 radical (unpaired) electrons. The van der Waals surface area contributed by atoms with Gasteiger partial charge in [0, 0.05) is 6.21 Å². The first-order valence-electron chi connectivity index (χ1n) is 6.09. The minimum atomic E-state index is -4.92. The molecule has 0 aliphatic rings. The van der Waals surface area contributed by atoms with E-state index in [9.17, 15) is 26.3 Å². The van der Waals surface area contributed by atoms with Gasteiger partial charge in [0.15, 0.2) is 0 Å². The summed E-state index contributed by atoms with van der Waals surface area (Å²) in [5, 5.41) is 0. The van der Waals surface area contributed by atoms with Gasteiger partial charge in [0.1, 0.15) is 5.69 Å². The zero-order valence-corrected chi connectivity index (χ0v) is 12.3. The number of H-pyrrole nitrogens is 1. The van der Waals surface area contributed by atoms with Gasteiger partial charge in [-0.25, -0.2) is 0 Å². The molecule has 0 aromatic carbocycles. The molecule has 1 N–H and O–H groups in total. The zero-order chi connectivity index (χ0) is 18.3. The predicted molar refractivity (Wildman–Crippen MR) is 77.6 cm³/mol. The summed E-state index contributed by atoms with van der Waals surface area (Å²) in [6.45, 7) is 6.31. The van der Waals surface area contributed by atoms with Gasteiger partial charge in [-0.3, -0.25) is 4.99 Å². The average molecular weight is 336 g/mol. The van der Waals surface area contributed by atoms with Crippen molar-refractivity contribution >= 4 is 11.9 Å². The molecule has 0 amide bonds. The molecule has 0 atom stereocenters. The second-order valence-corrected chi connectivity index (χ2v) is 3.94. The lowest BCUT2D eigenvalue weighted by atomic mass is 10.2. The lowest BCUT2D eigenvalue weighted by Crippen LogP contribution is -2.06. The number of nitrogens with one attached hydrogen (secondary N) is 1. The Balaban J connectivity index is 0.00000149. The third-order valence-electron chi connectivity index (χ3n) is 2.28. The van der Waals surface area contributed by atoms with Crippen LogP contribution in [0, 0.1) is 12.3 Å². The molecule has 126 valence electrons. The molecule has 0 unspecified atom stereocenters. The van der Waals surface area contributed by atoms with Gasteiger partial charge in [-0.2, -0.15) is 26.3 Å². The summed E-state index contributed by atoms with van der Waals surface area (Å²) in [5.41, 5.74) is -3.88. The number of hydrogen-bond donors (Lipinski definition) is 1. The molecule has 0 bridgehead atoms. The summed E-state index contributed by atoms with van der Waals surface area (Å²) in [7, 11) is 0. The third-order valence-corrected chi connectivity index (χ3v) is 2.28. The maximum Gasteiger partial charge on any atom is 0.431 e. The Hall–Kier alpha value is -2.43. The van der Waals surface area contributed by atoms with Crippen LogP contribution in [0.5, 0.6) is 0 Å². The van der Waals surface area contributed by atoms with Crippen LogP contribution in [0.15, 0.2) is 29.8 Å². The highest BCUT2D eigenvalue weighted by Gasteiger charge is 2.41. The molecule has 1 aromatic rings. The first kappa shape index (κ1) is 20.6. The Morgan fingerprint density at radius 2 is 1.78 bits per heavy atom. The van der Waals surface area contributed by atoms with Gasteiger partial charge in [0.2, 0.25) is 0 Å². The topological polar surface area (TPSA) is 28.1 Å². The number of terminal acetylenes is 1. The van der Waals surface area contributed by atoms with E-state index in [1.54, 1.807) is 11.9 Å². The Morgan fingerprint density at radius 3 is 2.13 bits per heavy atom. The van der Waals surface area contributed by atoms with E-state index in [0.29, 0.717) is 0 Å². The van der Waals surface area contributed by atoms with Crippen molar-refractivity contribution in [2.75, 3.05) is 0 Å². The molecule has 1 heterocycles. The third kappa shape index (κ3) is 6.06. The van der Waals surface area contributed by atoms with Crippen molar-refractivity contribution in [3.05, 3.63) is 41.7 Å². The Bertz CT molecular complexity index is 624. The maximum absolute atomic E-state index is 12.8. The molecule has 0 aliphatic carbocycles. The lowest BCUT2D eigenvalue weighted by molar-refractivity contribution is -0.142. The minimum absolute atomic E-state index is 0.0300. The summed E-state index contributed by atoms with van der Waals surface area (Å²) in [6.07, 6.45) is -1.78. The molecular weight excluding hydrogens is 322 g/mol. The highest BCUT2D eigenvalue weighted by molar-refractivity contribution is 5.79. The normalized spacial score (nSPS) is 12.6. The molecule has 23 heavy (non-hydrogen) atoms. The van der Waals surface area contributed by atoms with Crippen LogP contribution in [0.3, 0.4) is 0 Å². The SMILES string of the molecule is C#CC.C=CC=N/C(=C\C)c1[nH]c(C(F)(F)F)cc1C(F)(F)F. The van der Waals surface area contributed by atoms with Crippen LogP contribution in [0.25, 0.3) is 5.70 Å². The number of allylic oxidation sites excluding steroid dienone is 2. The van der Waals surface area contributed by atoms with Crippen LogP contribution in [0.1, 0.15) is 30.8 Å². The molecule has 0 saturated carbocycles. The number of aliphatic imine (C=N–C) groups is 1. The second kappa shape index (κ2) is 8.27. The first-order valence-corrected chi connectivity index (χ1v) is 6.09. The summed E-state index contributed by atoms with van der Waals surface area (Å²) < 4.78 is 75.9. The van der Waals surface area contributed by atoms with Crippen molar-refractivity contribution < 1.29 is 26.3 Å². The van der Waals surface area contributed by atoms with Crippen molar-refractivity contribution in [3.8, 4) is 12.3 Å². The second-order valence-electron chi connectivity index (χ2n) is 3.94. The lowest BCUT2D eigenvalue weighted by Gasteiger charge is -2.07. The summed E-state index contributed by atoms with van der Waals surface area (Å²) >= 11 is 0. The van der Waals surface area contributed by atoms with E-state index in [1.807, 2.05) is 0 Å². The van der Waals surface area contributed by atoms with E-state index in [1.165, 1.54) is 19.1 Å². The van der Waals surface area contributed by atoms with Crippen LogP contribution in [0.2, 0.25) is 0 Å². The van der Waals surface area contributed by atoms with E-state index in [0.717, 1.165) is 6.21 Å². The Kier molecular flexibility index (Phi) is 7.39. The van der Waals surface area contributed by atoms with Gasteiger partial charge in [-0.05, 0) is 19.9 Å². The van der Waals surface area contributed by atoms with Gasteiger partial charge in [-0.15, -0.1) is 12.3 Å². The van der Waals surface area contributed by atoms with Crippen LogP contribution >= 0.6 is 0 Å². The molecule has 1 aromatic heterocycles. The van der Waals surface area contributed by atoms with Crippen LogP contribution < -0.4 is 0 Å². The van der Waals surface area contributed by atoms with Gasteiger partial charge in [0.25, 0.3) is 0 Å². The highest BCUT2D eigenvalue weighted by Crippen LogP contribution is 2.39. The number of alkyl halides is 6. The number of nitrogens with zero attached hydrogens (tertiary/aromatic N) is 1. The molecule has 0 spiro atoms. The predicted octanol–water partition coefficient (Wildman–Crippen LogP) is 5.31. The summed E-state index contributed by atoms with van der Waals surface area (Å²) in [6, 6.07) is 0.0300. The Labute approximate surface area is 129 Å². The van der Waals surface area contributed by atoms with Gasteiger partial charge in [0.05, 0.1) is 17.0 Å². The molecule has 0 fully saturated rings. The molecule has 0 saturated heterocycles. The van der Waals surface area contributed by atoms with Crippen molar-refractivity contribution in [1.82, 2.24) is 4.98 Å². The van der Waals surface area contributed by atoms with Gasteiger partial charge >= 0.3 is 12.4 Å². The van der Waals surface area contributed by atoms with Gasteiger partial charge in [-0.1, -0.05) is 18.7 Å². The van der Waals surface area contributed by atoms with Crippen LogP contribution in [0.4, 0.5) is 26.3 Å². The van der Waals surface area contributed by atoms with E-state index in [-0.39, 0.29) is 11.8 Å². The van der Waals surface area contributed by atoms with Crippen LogP contribution in [-0.2, 0) is 12.4 Å². The van der Waals surface area contributed by atoms with Crippen molar-refractivity contribution in [2.45, 2.75) is 26.2 Å². The fourth-order valence-corrected chi connectivity index (χ4v) is 1.45. The monoisotopic (exact) mass is 336 g/mol. The standard InChI is InChI=1S/C12H10F6N2.C3H4/c1-3-5-19-8(4-2)10-7(11(13,14)15)6-9(20-10)12(16,17)18;1-3-2/h3-6,20H,1H2,2H3;1H,2H3/b8-4-,19-5?;. The molecule has 1 rings (SSSR count). The van der Waals surface area contributed by atoms with Crippen molar-refractivity contribution in [2.24, 2.45) is 4.99 Å². The molecule has 0 aliphatic heterocycles. The molecule has 8 heteroatoms. The number of rotatable bonds is 3. The fourth-order valence-electron chi connectivity index (χ4n) is 1.45. The largest absolute Gasteiger partial charge is 0.431 e. The van der Waals surface area contributed by atoms with E-state index >= 15 is 0 Å². The number of aromatic amines is 1. The number of hydrogen-bond acceptors (Lipinski definition) is 1. The zero-order valence-electron chi connectivity index (χ0n) is 12.3.